The number of aryl methyl sites for hydroxylation is 1. The van der Waals surface area contributed by atoms with Crippen molar-refractivity contribution in [3.05, 3.63) is 113 Å². The lowest BCUT2D eigenvalue weighted by Gasteiger charge is -2.16. The number of carbonyl (C=O) groups is 2. The van der Waals surface area contributed by atoms with Crippen LogP contribution in [0.15, 0.2) is 107 Å². The summed E-state index contributed by atoms with van der Waals surface area (Å²) < 4.78 is 1.66. The van der Waals surface area contributed by atoms with Crippen LogP contribution in [0.25, 0.3) is 10.6 Å². The zero-order valence-electron chi connectivity index (χ0n) is 18.2. The maximum atomic E-state index is 13.1. The number of nitrogens with zero attached hydrogens (tertiary/aromatic N) is 4. The van der Waals surface area contributed by atoms with E-state index in [1.165, 1.54) is 17.4 Å². The molecule has 1 amide bonds. The summed E-state index contributed by atoms with van der Waals surface area (Å²) in [7, 11) is 1.80. The molecule has 1 aromatic heterocycles. The van der Waals surface area contributed by atoms with E-state index in [4.69, 9.17) is 0 Å². The van der Waals surface area contributed by atoms with Crippen LogP contribution in [0.4, 0.5) is 5.69 Å². The number of allylic oxidation sites excluding steroid dienone is 1. The molecule has 0 aliphatic heterocycles. The lowest BCUT2D eigenvalue weighted by Crippen LogP contribution is -2.26. The molecule has 1 aliphatic rings. The molecule has 0 saturated carbocycles. The number of fused-ring (bicyclic) bond motifs is 1. The predicted molar refractivity (Wildman–Crippen MR) is 133 cm³/mol. The molecule has 34 heavy (non-hydrogen) atoms. The van der Waals surface area contributed by atoms with Gasteiger partial charge in [-0.2, -0.15) is 5.10 Å². The number of anilines is 1. The minimum atomic E-state index is -0.492. The van der Waals surface area contributed by atoms with Crippen LogP contribution in [0.5, 0.6) is 0 Å². The van der Waals surface area contributed by atoms with Crippen LogP contribution in [-0.4, -0.2) is 27.2 Å². The van der Waals surface area contributed by atoms with Crippen molar-refractivity contribution in [3.63, 3.8) is 0 Å². The summed E-state index contributed by atoms with van der Waals surface area (Å²) in [6.45, 7) is 0. The summed E-state index contributed by atoms with van der Waals surface area (Å²) in [5, 5.41) is 16.9. The molecule has 0 unspecified atom stereocenters. The first kappa shape index (κ1) is 21.4. The Kier molecular flexibility index (Phi) is 5.80. The van der Waals surface area contributed by atoms with Crippen molar-refractivity contribution in [3.8, 4) is 10.6 Å². The predicted octanol–water partition coefficient (Wildman–Crippen LogP) is 4.22. The van der Waals surface area contributed by atoms with Gasteiger partial charge in [-0.25, -0.2) is 4.68 Å². The average Bonchev–Trinajstić information content (AvgIpc) is 3.25. The minimum absolute atomic E-state index is 0.00940. The number of hydrogen-bond acceptors (Lipinski definition) is 6. The number of rotatable bonds is 4. The maximum absolute atomic E-state index is 13.1. The third kappa shape index (κ3) is 4.26. The Hall–Kier alpha value is -4.43. The van der Waals surface area contributed by atoms with Crippen molar-refractivity contribution in [1.82, 2.24) is 9.78 Å². The molecule has 0 spiro atoms. The summed E-state index contributed by atoms with van der Waals surface area (Å²) in [6.07, 6.45) is 1.49. The minimum Gasteiger partial charge on any atom is -0.322 e. The Morgan fingerprint density at radius 1 is 0.882 bits per heavy atom. The molecule has 1 aliphatic carbocycles. The summed E-state index contributed by atoms with van der Waals surface area (Å²) >= 11 is 1.40. The van der Waals surface area contributed by atoms with Crippen molar-refractivity contribution in [2.45, 2.75) is 0 Å². The first-order valence-corrected chi connectivity index (χ1v) is 11.4. The van der Waals surface area contributed by atoms with Gasteiger partial charge in [0.15, 0.2) is 5.78 Å². The molecule has 166 valence electrons. The number of ketones is 1. The highest BCUT2D eigenvalue weighted by atomic mass is 32.1. The smallest absolute Gasteiger partial charge is 0.259 e. The van der Waals surface area contributed by atoms with E-state index in [1.807, 2.05) is 54.6 Å². The normalized spacial score (nSPS) is 14.6. The second-order valence-electron chi connectivity index (χ2n) is 7.52. The Balaban J connectivity index is 1.54. The average molecular weight is 466 g/mol. The zero-order valence-corrected chi connectivity index (χ0v) is 19.0. The first-order chi connectivity index (χ1) is 16.6. The highest BCUT2D eigenvalue weighted by molar-refractivity contribution is 7.12. The van der Waals surface area contributed by atoms with Crippen LogP contribution in [0.2, 0.25) is 0 Å². The van der Waals surface area contributed by atoms with Crippen LogP contribution in [0.3, 0.4) is 0 Å². The van der Waals surface area contributed by atoms with E-state index in [2.05, 4.69) is 20.6 Å². The molecule has 8 heteroatoms. The third-order valence-electron chi connectivity index (χ3n) is 5.22. The fraction of sp³-hybridized carbons (Fsp3) is 0.0385. The monoisotopic (exact) mass is 465 g/mol. The number of para-hydroxylation sites is 1. The molecule has 7 nitrogen and oxygen atoms in total. The number of aromatic nitrogens is 2. The standard InChI is InChI=1S/C26H19N5O2S/c1-31-26(34-25(30-31)17-10-4-2-5-11-17)29-28-22-16-21(23(32)20-15-9-8-14-19(20)22)24(33)27-18-12-6-3-7-13-18/h2-16H,1H3,(H,27,33)/b28-22+,29-26+. The quantitative estimate of drug-likeness (QED) is 0.362. The fourth-order valence-electron chi connectivity index (χ4n) is 3.53. The lowest BCUT2D eigenvalue weighted by molar-refractivity contribution is -0.112. The second kappa shape index (κ2) is 9.21. The van der Waals surface area contributed by atoms with E-state index < -0.39 is 5.91 Å². The van der Waals surface area contributed by atoms with Crippen LogP contribution in [-0.2, 0) is 11.8 Å². The largest absolute Gasteiger partial charge is 0.322 e. The van der Waals surface area contributed by atoms with Crippen molar-refractivity contribution in [1.29, 1.82) is 0 Å². The van der Waals surface area contributed by atoms with Crippen LogP contribution < -0.4 is 10.1 Å². The second-order valence-corrected chi connectivity index (χ2v) is 8.47. The van der Waals surface area contributed by atoms with Crippen LogP contribution >= 0.6 is 11.3 Å². The molecule has 1 heterocycles. The fourth-order valence-corrected chi connectivity index (χ4v) is 4.38. The molecule has 5 rings (SSSR count). The van der Waals surface area contributed by atoms with Gasteiger partial charge < -0.3 is 5.32 Å². The third-order valence-corrected chi connectivity index (χ3v) is 6.26. The molecule has 4 aromatic rings. The summed E-state index contributed by atoms with van der Waals surface area (Å²) in [5.74, 6) is -0.842. The SMILES string of the molecule is Cn1nc(-c2ccccc2)s/c1=N/N=C1\C=C(C(=O)Nc2ccccc2)C(=O)c2ccccc21. The zero-order chi connectivity index (χ0) is 23.5. The summed E-state index contributed by atoms with van der Waals surface area (Å²) in [5.41, 5.74) is 3.08. The highest BCUT2D eigenvalue weighted by Gasteiger charge is 2.28. The van der Waals surface area contributed by atoms with Crippen LogP contribution in [0.1, 0.15) is 15.9 Å². The van der Waals surface area contributed by atoms with E-state index in [-0.39, 0.29) is 11.4 Å². The Morgan fingerprint density at radius 3 is 2.26 bits per heavy atom. The molecule has 0 bridgehead atoms. The maximum Gasteiger partial charge on any atom is 0.259 e. The van der Waals surface area contributed by atoms with Crippen molar-refractivity contribution >= 4 is 34.4 Å². The number of benzene rings is 3. The van der Waals surface area contributed by atoms with E-state index in [0.29, 0.717) is 27.3 Å². The van der Waals surface area contributed by atoms with Crippen molar-refractivity contribution in [2.24, 2.45) is 17.3 Å². The molecule has 0 atom stereocenters. The Labute approximate surface area is 199 Å². The number of Topliss-reactive ketones (excluding diaryl/α,β-unsaturated/α-hetero) is 1. The van der Waals surface area contributed by atoms with Crippen molar-refractivity contribution < 1.29 is 9.59 Å². The highest BCUT2D eigenvalue weighted by Crippen LogP contribution is 2.23. The van der Waals surface area contributed by atoms with Gasteiger partial charge in [-0.3, -0.25) is 9.59 Å². The molecular formula is C26H19N5O2S. The number of amides is 1. The molecule has 0 fully saturated rings. The summed E-state index contributed by atoms with van der Waals surface area (Å²) in [6, 6.07) is 25.9. The van der Waals surface area contributed by atoms with Gasteiger partial charge in [0, 0.05) is 29.4 Å². The van der Waals surface area contributed by atoms with Gasteiger partial charge in [-0.05, 0) is 18.2 Å². The van der Waals surface area contributed by atoms with Gasteiger partial charge >= 0.3 is 0 Å². The van der Waals surface area contributed by atoms with Gasteiger partial charge in [0.25, 0.3) is 5.91 Å². The Bertz CT molecular complexity index is 1520. The lowest BCUT2D eigenvalue weighted by atomic mass is 9.88. The molecule has 0 saturated heterocycles. The van der Waals surface area contributed by atoms with E-state index >= 15 is 0 Å². The molecular weight excluding hydrogens is 446 g/mol. The molecule has 0 radical (unpaired) electrons. The van der Waals surface area contributed by atoms with Crippen LogP contribution in [0, 0.1) is 0 Å². The topological polar surface area (TPSA) is 88.7 Å². The van der Waals surface area contributed by atoms with E-state index in [1.54, 1.807) is 42.1 Å². The van der Waals surface area contributed by atoms with Gasteiger partial charge in [-0.1, -0.05) is 84.1 Å². The van der Waals surface area contributed by atoms with E-state index in [0.717, 1.165) is 10.6 Å². The molecule has 3 aromatic carbocycles. The number of carbonyl (C=O) groups excluding carboxylic acids is 2. The van der Waals surface area contributed by atoms with Crippen molar-refractivity contribution in [2.75, 3.05) is 5.32 Å². The van der Waals surface area contributed by atoms with Gasteiger partial charge in [0.1, 0.15) is 5.01 Å². The number of nitrogens with one attached hydrogen (secondary N) is 1. The first-order valence-electron chi connectivity index (χ1n) is 10.5. The number of hydrogen-bond donors (Lipinski definition) is 1. The van der Waals surface area contributed by atoms with Gasteiger partial charge in [-0.15, -0.1) is 10.2 Å². The summed E-state index contributed by atoms with van der Waals surface area (Å²) in [4.78, 5) is 26.6. The Morgan fingerprint density at radius 2 is 1.53 bits per heavy atom. The van der Waals surface area contributed by atoms with Gasteiger partial charge in [0.2, 0.25) is 4.80 Å². The molecule has 1 N–H and O–H groups in total. The van der Waals surface area contributed by atoms with Gasteiger partial charge in [0.05, 0.1) is 11.3 Å². The van der Waals surface area contributed by atoms with E-state index in [9.17, 15) is 9.59 Å².